The number of nitrogens with zero attached hydrogens (tertiary/aromatic N) is 5. The molecule has 0 aliphatic rings. The number of aromatic nitrogens is 6. The number of rotatable bonds is 11. The maximum Gasteiger partial charge on any atom is 0.157 e. The minimum atomic E-state index is -0.482. The second kappa shape index (κ2) is 13.0. The monoisotopic (exact) mass is 641 g/mol. The van der Waals surface area contributed by atoms with E-state index in [-0.39, 0.29) is 11.3 Å². The molecule has 0 saturated carbocycles. The molecule has 48 heavy (non-hydrogen) atoms. The molecular formula is C37H33F2N9. The molecule has 9 nitrogen and oxygen atoms in total. The van der Waals surface area contributed by atoms with Crippen LogP contribution in [-0.4, -0.2) is 62.2 Å². The molecule has 0 aliphatic heterocycles. The number of aromatic amines is 2. The zero-order chi connectivity index (χ0) is 33.2. The summed E-state index contributed by atoms with van der Waals surface area (Å²) in [6.45, 7) is 5.62. The number of H-pyrrole nitrogens is 2. The summed E-state index contributed by atoms with van der Waals surface area (Å²) in [5.74, 6) is -0.416. The molecule has 3 aromatic carbocycles. The first-order valence-corrected chi connectivity index (χ1v) is 15.5. The number of benzene rings is 3. The van der Waals surface area contributed by atoms with Crippen molar-refractivity contribution in [2.45, 2.75) is 6.42 Å². The first kappa shape index (κ1) is 30.7. The molecule has 0 amide bonds. The van der Waals surface area contributed by atoms with Gasteiger partial charge in [-0.1, -0.05) is 36.9 Å². The van der Waals surface area contributed by atoms with Gasteiger partial charge in [-0.2, -0.15) is 5.10 Å². The fourth-order valence-electron chi connectivity index (χ4n) is 5.70. The van der Waals surface area contributed by atoms with Crippen LogP contribution in [-0.2, 0) is 6.42 Å². The molecular weight excluding hydrogens is 608 g/mol. The largest absolute Gasteiger partial charge is 0.384 e. The van der Waals surface area contributed by atoms with E-state index in [0.717, 1.165) is 29.1 Å². The van der Waals surface area contributed by atoms with E-state index in [1.807, 2.05) is 67.5 Å². The number of anilines is 2. The highest BCUT2D eigenvalue weighted by atomic mass is 19.1. The molecule has 4 N–H and O–H groups in total. The average Bonchev–Trinajstić information content (AvgIpc) is 3.70. The molecule has 11 heteroatoms. The van der Waals surface area contributed by atoms with E-state index in [2.05, 4.69) is 42.4 Å². The molecule has 0 saturated heterocycles. The number of hydrogen-bond donors (Lipinski definition) is 4. The first-order chi connectivity index (χ1) is 23.3. The van der Waals surface area contributed by atoms with Gasteiger partial charge in [0.15, 0.2) is 11.6 Å². The molecule has 0 atom stereocenters. The Labute approximate surface area is 275 Å². The molecule has 0 fully saturated rings. The van der Waals surface area contributed by atoms with E-state index in [1.54, 1.807) is 24.7 Å². The molecule has 0 bridgehead atoms. The van der Waals surface area contributed by atoms with Crippen LogP contribution < -0.4 is 10.6 Å². The number of nitrogens with one attached hydrogen (secondary N) is 4. The minimum Gasteiger partial charge on any atom is -0.384 e. The third-order valence-electron chi connectivity index (χ3n) is 7.96. The Bertz CT molecular complexity index is 2260. The maximum atomic E-state index is 15.5. The van der Waals surface area contributed by atoms with Crippen LogP contribution in [0, 0.1) is 11.6 Å². The van der Waals surface area contributed by atoms with Crippen molar-refractivity contribution in [3.05, 3.63) is 121 Å². The number of imidazole rings is 1. The summed E-state index contributed by atoms with van der Waals surface area (Å²) in [5.41, 5.74) is 7.74. The molecule has 4 aromatic heterocycles. The average molecular weight is 642 g/mol. The number of hydrogen-bond acceptors (Lipinski definition) is 7. The maximum absolute atomic E-state index is 15.5. The summed E-state index contributed by atoms with van der Waals surface area (Å²) >= 11 is 0. The molecule has 7 rings (SSSR count). The number of halogens is 2. The topological polar surface area (TPSA) is 110 Å². The van der Waals surface area contributed by atoms with E-state index in [4.69, 9.17) is 4.98 Å². The van der Waals surface area contributed by atoms with Gasteiger partial charge in [-0.25, -0.2) is 13.8 Å². The fraction of sp³-hybridized carbons (Fsp3) is 0.135. The molecule has 4 heterocycles. The lowest BCUT2D eigenvalue weighted by Gasteiger charge is -2.12. The lowest BCUT2D eigenvalue weighted by atomic mass is 10.0. The van der Waals surface area contributed by atoms with Crippen molar-refractivity contribution in [3.8, 4) is 33.9 Å². The van der Waals surface area contributed by atoms with E-state index in [9.17, 15) is 4.39 Å². The van der Waals surface area contributed by atoms with Crippen LogP contribution in [0.3, 0.4) is 0 Å². The van der Waals surface area contributed by atoms with Crippen molar-refractivity contribution >= 4 is 33.3 Å². The standard InChI is InChI=1S/C37H33F2N9/c1-22(13-23-7-5-4-6-8-23)43-29-16-26(20-40-21-29)24-17-30-34(31(39)18-24)46-47-35(30)37-44-32-9-10-42-33(36(32)45-37)25-14-27(38)19-28(15-25)41-11-12-48(2)3/h4-10,14-21,41,43H,1,11-13H2,2-3H3,(H,44,45)(H,46,47). The van der Waals surface area contributed by atoms with Crippen molar-refractivity contribution < 1.29 is 8.78 Å². The van der Waals surface area contributed by atoms with E-state index < -0.39 is 5.82 Å². The van der Waals surface area contributed by atoms with Crippen molar-refractivity contribution in [2.75, 3.05) is 37.8 Å². The number of allylic oxidation sites excluding steroid dienone is 1. The van der Waals surface area contributed by atoms with E-state index in [0.29, 0.717) is 63.4 Å². The van der Waals surface area contributed by atoms with Gasteiger partial charge in [0.1, 0.15) is 22.5 Å². The number of fused-ring (bicyclic) bond motifs is 2. The van der Waals surface area contributed by atoms with Gasteiger partial charge in [0, 0.05) is 59.8 Å². The normalized spacial score (nSPS) is 11.4. The van der Waals surface area contributed by atoms with Crippen LogP contribution in [0.1, 0.15) is 5.56 Å². The van der Waals surface area contributed by atoms with Gasteiger partial charge in [0.2, 0.25) is 0 Å². The van der Waals surface area contributed by atoms with Gasteiger partial charge < -0.3 is 20.5 Å². The Hall–Kier alpha value is -5.94. The Kier molecular flexibility index (Phi) is 8.35. The van der Waals surface area contributed by atoms with Crippen LogP contribution in [0.4, 0.5) is 20.2 Å². The third-order valence-corrected chi connectivity index (χ3v) is 7.96. The van der Waals surface area contributed by atoms with Crippen LogP contribution in [0.25, 0.3) is 55.8 Å². The summed E-state index contributed by atoms with van der Waals surface area (Å²) < 4.78 is 30.2. The Balaban J connectivity index is 1.20. The predicted octanol–water partition coefficient (Wildman–Crippen LogP) is 7.65. The van der Waals surface area contributed by atoms with Gasteiger partial charge in [-0.05, 0) is 67.7 Å². The van der Waals surface area contributed by atoms with Crippen molar-refractivity contribution in [2.24, 2.45) is 0 Å². The van der Waals surface area contributed by atoms with Crippen molar-refractivity contribution in [1.29, 1.82) is 0 Å². The zero-order valence-corrected chi connectivity index (χ0v) is 26.5. The molecule has 0 radical (unpaired) electrons. The first-order valence-electron chi connectivity index (χ1n) is 15.5. The number of likely N-dealkylation sites (N-methyl/N-ethyl adjacent to an activating group) is 1. The predicted molar refractivity (Wildman–Crippen MR) is 188 cm³/mol. The second-order valence-electron chi connectivity index (χ2n) is 11.9. The lowest BCUT2D eigenvalue weighted by Crippen LogP contribution is -2.20. The highest BCUT2D eigenvalue weighted by Crippen LogP contribution is 2.35. The highest BCUT2D eigenvalue weighted by Gasteiger charge is 2.19. The Morgan fingerprint density at radius 1 is 0.896 bits per heavy atom. The Morgan fingerprint density at radius 3 is 2.56 bits per heavy atom. The van der Waals surface area contributed by atoms with Crippen LogP contribution in [0.15, 0.2) is 104 Å². The summed E-state index contributed by atoms with van der Waals surface area (Å²) in [7, 11) is 3.96. The summed E-state index contributed by atoms with van der Waals surface area (Å²) in [6, 6.07) is 21.8. The van der Waals surface area contributed by atoms with Gasteiger partial charge in [0.25, 0.3) is 0 Å². The smallest absolute Gasteiger partial charge is 0.157 e. The lowest BCUT2D eigenvalue weighted by molar-refractivity contribution is 0.425. The minimum absolute atomic E-state index is 0.185. The Morgan fingerprint density at radius 2 is 1.73 bits per heavy atom. The molecule has 0 aliphatic carbocycles. The van der Waals surface area contributed by atoms with Crippen LogP contribution in [0.2, 0.25) is 0 Å². The van der Waals surface area contributed by atoms with E-state index >= 15 is 4.39 Å². The van der Waals surface area contributed by atoms with Crippen molar-refractivity contribution in [3.63, 3.8) is 0 Å². The van der Waals surface area contributed by atoms with Gasteiger partial charge in [-0.3, -0.25) is 15.1 Å². The summed E-state index contributed by atoms with van der Waals surface area (Å²) in [4.78, 5) is 19.2. The molecule has 7 aromatic rings. The van der Waals surface area contributed by atoms with Crippen LogP contribution >= 0.6 is 0 Å². The molecule has 0 unspecified atom stereocenters. The zero-order valence-electron chi connectivity index (χ0n) is 26.5. The highest BCUT2D eigenvalue weighted by molar-refractivity contribution is 5.98. The van der Waals surface area contributed by atoms with E-state index in [1.165, 1.54) is 18.2 Å². The molecule has 0 spiro atoms. The summed E-state index contributed by atoms with van der Waals surface area (Å²) in [5, 5.41) is 14.4. The van der Waals surface area contributed by atoms with Gasteiger partial charge in [0.05, 0.1) is 23.1 Å². The van der Waals surface area contributed by atoms with Crippen molar-refractivity contribution in [1.82, 2.24) is 35.0 Å². The quantitative estimate of drug-likeness (QED) is 0.115. The number of pyridine rings is 2. The fourth-order valence-corrected chi connectivity index (χ4v) is 5.70. The SMILES string of the molecule is C=C(Cc1ccccc1)Nc1cncc(-c2cc(F)c3n[nH]c(-c4nc5c(-c6cc(F)cc(NCCN(C)C)c6)nccc5[nH]4)c3c2)c1. The van der Waals surface area contributed by atoms with Gasteiger partial charge in [-0.15, -0.1) is 0 Å². The second-order valence-corrected chi connectivity index (χ2v) is 11.9. The van der Waals surface area contributed by atoms with Gasteiger partial charge >= 0.3 is 0 Å². The summed E-state index contributed by atoms with van der Waals surface area (Å²) in [6.07, 6.45) is 5.70. The van der Waals surface area contributed by atoms with Crippen LogP contribution in [0.5, 0.6) is 0 Å². The third kappa shape index (κ3) is 6.49. The molecule has 240 valence electrons.